The van der Waals surface area contributed by atoms with Crippen LogP contribution in [0.5, 0.6) is 0 Å². The summed E-state index contributed by atoms with van der Waals surface area (Å²) in [6, 6.07) is 8.36. The lowest BCUT2D eigenvalue weighted by atomic mass is 9.95. The molecule has 1 aromatic heterocycles. The first kappa shape index (κ1) is 9.64. The van der Waals surface area contributed by atoms with Crippen LogP contribution >= 0.6 is 0 Å². The highest BCUT2D eigenvalue weighted by Gasteiger charge is 2.26. The van der Waals surface area contributed by atoms with Gasteiger partial charge in [0.05, 0.1) is 0 Å². The van der Waals surface area contributed by atoms with Crippen LogP contribution < -0.4 is 0 Å². The smallest absolute Gasteiger partial charge is 0.133 e. The van der Waals surface area contributed by atoms with Crippen LogP contribution in [0, 0.1) is 6.92 Å². The van der Waals surface area contributed by atoms with Crippen molar-refractivity contribution in [2.24, 2.45) is 0 Å². The monoisotopic (exact) mass is 213 g/mol. The van der Waals surface area contributed by atoms with E-state index in [0.29, 0.717) is 11.7 Å². The van der Waals surface area contributed by atoms with Crippen LogP contribution in [-0.4, -0.2) is 10.8 Å². The van der Waals surface area contributed by atoms with Crippen molar-refractivity contribution in [3.05, 3.63) is 35.5 Å². The molecule has 1 heterocycles. The number of nitrogens with one attached hydrogen (secondary N) is 1. The Hall–Kier alpha value is -1.57. The fourth-order valence-corrected chi connectivity index (χ4v) is 2.88. The quantitative estimate of drug-likeness (QED) is 0.774. The lowest BCUT2D eigenvalue weighted by molar-refractivity contribution is -0.117. The van der Waals surface area contributed by atoms with Crippen molar-refractivity contribution in [1.82, 2.24) is 4.98 Å². The van der Waals surface area contributed by atoms with E-state index >= 15 is 0 Å². The number of H-pyrrole nitrogens is 1. The van der Waals surface area contributed by atoms with Gasteiger partial charge in [-0.1, -0.05) is 18.2 Å². The summed E-state index contributed by atoms with van der Waals surface area (Å²) in [6.45, 7) is 2.11. The number of aromatic amines is 1. The maximum Gasteiger partial charge on any atom is 0.133 e. The molecule has 2 aromatic rings. The molecule has 1 fully saturated rings. The Morgan fingerprint density at radius 2 is 2.12 bits per heavy atom. The van der Waals surface area contributed by atoms with E-state index in [2.05, 4.69) is 30.1 Å². The Bertz CT molecular complexity index is 553. The highest BCUT2D eigenvalue weighted by molar-refractivity contribution is 5.88. The van der Waals surface area contributed by atoms with Crippen LogP contribution in [0.3, 0.4) is 0 Å². The lowest BCUT2D eigenvalue weighted by Crippen LogP contribution is -1.95. The van der Waals surface area contributed by atoms with Gasteiger partial charge < -0.3 is 4.98 Å². The van der Waals surface area contributed by atoms with Gasteiger partial charge >= 0.3 is 0 Å². The molecule has 0 radical (unpaired) electrons. The van der Waals surface area contributed by atoms with Gasteiger partial charge in [-0.2, -0.15) is 0 Å². The molecule has 0 bridgehead atoms. The second-order valence-corrected chi connectivity index (χ2v) is 4.69. The molecule has 1 aliphatic carbocycles. The van der Waals surface area contributed by atoms with Crippen molar-refractivity contribution in [2.75, 3.05) is 0 Å². The predicted molar refractivity (Wildman–Crippen MR) is 64.6 cm³/mol. The SMILES string of the molecule is Cc1[nH]c2ccccc2c1C1CCC(=O)C1. The minimum Gasteiger partial charge on any atom is -0.358 e. The fourth-order valence-electron chi connectivity index (χ4n) is 2.88. The number of Topliss-reactive ketones (excluding diaryl/α,β-unsaturated/α-hetero) is 1. The summed E-state index contributed by atoms with van der Waals surface area (Å²) in [6.07, 6.45) is 2.49. The summed E-state index contributed by atoms with van der Waals surface area (Å²) in [4.78, 5) is 14.8. The molecule has 1 N–H and O–H groups in total. The predicted octanol–water partition coefficient (Wildman–Crippen LogP) is 3.31. The molecule has 82 valence electrons. The van der Waals surface area contributed by atoms with Gasteiger partial charge in [0.2, 0.25) is 0 Å². The van der Waals surface area contributed by atoms with Crippen molar-refractivity contribution >= 4 is 16.7 Å². The lowest BCUT2D eigenvalue weighted by Gasteiger charge is -2.08. The van der Waals surface area contributed by atoms with Crippen LogP contribution in [-0.2, 0) is 4.79 Å². The molecule has 16 heavy (non-hydrogen) atoms. The molecule has 0 aliphatic heterocycles. The van der Waals surface area contributed by atoms with E-state index in [1.807, 2.05) is 6.07 Å². The Balaban J connectivity index is 2.15. The number of rotatable bonds is 1. The van der Waals surface area contributed by atoms with Gasteiger partial charge in [0.25, 0.3) is 0 Å². The van der Waals surface area contributed by atoms with Crippen molar-refractivity contribution in [2.45, 2.75) is 32.1 Å². The molecule has 0 amide bonds. The van der Waals surface area contributed by atoms with Gasteiger partial charge in [0, 0.05) is 29.4 Å². The third-order valence-corrected chi connectivity index (χ3v) is 3.60. The second-order valence-electron chi connectivity index (χ2n) is 4.69. The van der Waals surface area contributed by atoms with Crippen molar-refractivity contribution < 1.29 is 4.79 Å². The highest BCUT2D eigenvalue weighted by atomic mass is 16.1. The Morgan fingerprint density at radius 1 is 1.31 bits per heavy atom. The van der Waals surface area contributed by atoms with Crippen molar-refractivity contribution in [3.63, 3.8) is 0 Å². The Morgan fingerprint density at radius 3 is 2.88 bits per heavy atom. The summed E-state index contributed by atoms with van der Waals surface area (Å²) in [7, 11) is 0. The van der Waals surface area contributed by atoms with Crippen LogP contribution in [0.15, 0.2) is 24.3 Å². The molecule has 2 nitrogen and oxygen atoms in total. The van der Waals surface area contributed by atoms with E-state index in [-0.39, 0.29) is 0 Å². The number of carbonyl (C=O) groups is 1. The van der Waals surface area contributed by atoms with E-state index in [0.717, 1.165) is 19.3 Å². The third-order valence-electron chi connectivity index (χ3n) is 3.60. The first-order valence-electron chi connectivity index (χ1n) is 5.84. The van der Waals surface area contributed by atoms with Gasteiger partial charge in [0.1, 0.15) is 5.78 Å². The average molecular weight is 213 g/mol. The van der Waals surface area contributed by atoms with Crippen molar-refractivity contribution in [1.29, 1.82) is 0 Å². The van der Waals surface area contributed by atoms with Crippen LogP contribution in [0.4, 0.5) is 0 Å². The van der Waals surface area contributed by atoms with E-state index in [1.54, 1.807) is 0 Å². The molecule has 0 saturated heterocycles. The number of aryl methyl sites for hydroxylation is 1. The van der Waals surface area contributed by atoms with E-state index in [4.69, 9.17) is 0 Å². The normalized spacial score (nSPS) is 20.8. The van der Waals surface area contributed by atoms with Gasteiger partial charge in [-0.05, 0) is 30.9 Å². The molecule has 1 aliphatic rings. The topological polar surface area (TPSA) is 32.9 Å². The first-order chi connectivity index (χ1) is 7.75. The van der Waals surface area contributed by atoms with Gasteiger partial charge in [-0.25, -0.2) is 0 Å². The molecular weight excluding hydrogens is 198 g/mol. The largest absolute Gasteiger partial charge is 0.358 e. The zero-order valence-electron chi connectivity index (χ0n) is 9.42. The summed E-state index contributed by atoms with van der Waals surface area (Å²) in [5, 5.41) is 1.29. The molecule has 3 rings (SSSR count). The van der Waals surface area contributed by atoms with Gasteiger partial charge in [-0.3, -0.25) is 4.79 Å². The third kappa shape index (κ3) is 1.37. The number of fused-ring (bicyclic) bond motifs is 1. The number of benzene rings is 1. The molecule has 0 spiro atoms. The number of aromatic nitrogens is 1. The summed E-state index contributed by atoms with van der Waals surface area (Å²) >= 11 is 0. The van der Waals surface area contributed by atoms with E-state index < -0.39 is 0 Å². The molecule has 1 saturated carbocycles. The highest BCUT2D eigenvalue weighted by Crippen LogP contribution is 2.38. The molecular formula is C14H15NO. The van der Waals surface area contributed by atoms with Crippen molar-refractivity contribution in [3.8, 4) is 0 Å². The summed E-state index contributed by atoms with van der Waals surface area (Å²) < 4.78 is 0. The second kappa shape index (κ2) is 3.48. The van der Waals surface area contributed by atoms with E-state index in [9.17, 15) is 4.79 Å². The molecule has 1 unspecified atom stereocenters. The zero-order valence-corrected chi connectivity index (χ0v) is 9.42. The van der Waals surface area contributed by atoms with Crippen LogP contribution in [0.1, 0.15) is 36.4 Å². The fraction of sp³-hybridized carbons (Fsp3) is 0.357. The van der Waals surface area contributed by atoms with Gasteiger partial charge in [-0.15, -0.1) is 0 Å². The zero-order chi connectivity index (χ0) is 11.1. The number of carbonyl (C=O) groups excluding carboxylic acids is 1. The maximum atomic E-state index is 11.4. The Labute approximate surface area is 94.7 Å². The molecule has 1 atom stereocenters. The molecule has 2 heteroatoms. The van der Waals surface area contributed by atoms with Crippen LogP contribution in [0.2, 0.25) is 0 Å². The minimum atomic E-state index is 0.412. The maximum absolute atomic E-state index is 11.4. The average Bonchev–Trinajstić information content (AvgIpc) is 2.80. The van der Waals surface area contributed by atoms with E-state index in [1.165, 1.54) is 22.2 Å². The summed E-state index contributed by atoms with van der Waals surface area (Å²) in [5.41, 5.74) is 3.77. The Kier molecular flexibility index (Phi) is 2.10. The van der Waals surface area contributed by atoms with Crippen LogP contribution in [0.25, 0.3) is 10.9 Å². The standard InChI is InChI=1S/C14H15NO/c1-9-14(10-6-7-11(16)8-10)12-4-2-3-5-13(12)15-9/h2-5,10,15H,6-8H2,1H3. The first-order valence-corrected chi connectivity index (χ1v) is 5.84. The van der Waals surface area contributed by atoms with Gasteiger partial charge in [0.15, 0.2) is 0 Å². The summed E-state index contributed by atoms with van der Waals surface area (Å²) in [5.74, 6) is 0.846. The number of ketones is 1. The minimum absolute atomic E-state index is 0.412. The number of para-hydroxylation sites is 1. The molecule has 1 aromatic carbocycles. The number of hydrogen-bond acceptors (Lipinski definition) is 1. The number of hydrogen-bond donors (Lipinski definition) is 1.